The van der Waals surface area contributed by atoms with E-state index in [4.69, 9.17) is 4.74 Å². The van der Waals surface area contributed by atoms with Crippen molar-refractivity contribution in [1.82, 2.24) is 9.80 Å². The fraction of sp³-hybridized carbons (Fsp3) is 0.400. The van der Waals surface area contributed by atoms with Gasteiger partial charge in [-0.05, 0) is 42.3 Å². The number of hydrogen-bond donors (Lipinski definition) is 2. The third-order valence-corrected chi connectivity index (χ3v) is 6.02. The SMILES string of the molecule is O=C(CCN1CCOCC1)Nc1cc(NC(=O)c2ccc(CN3CCCC3=O)cc2)ccc1F. The number of hydrogen-bond acceptors (Lipinski definition) is 5. The Kier molecular flexibility index (Phi) is 7.87. The lowest BCUT2D eigenvalue weighted by Crippen LogP contribution is -2.38. The number of carbonyl (C=O) groups excluding carboxylic acids is 3. The summed E-state index contributed by atoms with van der Waals surface area (Å²) >= 11 is 0. The molecule has 0 bridgehead atoms. The smallest absolute Gasteiger partial charge is 0.255 e. The summed E-state index contributed by atoms with van der Waals surface area (Å²) in [5.74, 6) is -1.05. The van der Waals surface area contributed by atoms with E-state index < -0.39 is 5.82 Å². The first-order chi connectivity index (χ1) is 16.5. The van der Waals surface area contributed by atoms with Crippen molar-refractivity contribution >= 4 is 29.1 Å². The number of amides is 3. The predicted octanol–water partition coefficient (Wildman–Crippen LogP) is 2.86. The zero-order chi connectivity index (χ0) is 23.9. The van der Waals surface area contributed by atoms with E-state index in [1.54, 1.807) is 12.1 Å². The third-order valence-electron chi connectivity index (χ3n) is 6.02. The fourth-order valence-electron chi connectivity index (χ4n) is 4.05. The largest absolute Gasteiger partial charge is 0.379 e. The lowest BCUT2D eigenvalue weighted by molar-refractivity contribution is -0.128. The Bertz CT molecular complexity index is 1040. The van der Waals surface area contributed by atoms with Crippen LogP contribution >= 0.6 is 0 Å². The second kappa shape index (κ2) is 11.2. The minimum atomic E-state index is -0.571. The molecule has 0 aliphatic carbocycles. The second-order valence-corrected chi connectivity index (χ2v) is 8.52. The Labute approximate surface area is 198 Å². The quantitative estimate of drug-likeness (QED) is 0.622. The van der Waals surface area contributed by atoms with Crippen molar-refractivity contribution in [2.45, 2.75) is 25.8 Å². The third kappa shape index (κ3) is 6.39. The molecule has 180 valence electrons. The van der Waals surface area contributed by atoms with E-state index in [1.807, 2.05) is 17.0 Å². The molecule has 0 radical (unpaired) electrons. The van der Waals surface area contributed by atoms with E-state index in [0.29, 0.717) is 44.0 Å². The van der Waals surface area contributed by atoms with Crippen LogP contribution in [0.25, 0.3) is 0 Å². The Morgan fingerprint density at radius 2 is 1.76 bits per heavy atom. The molecule has 3 amide bonds. The zero-order valence-corrected chi connectivity index (χ0v) is 19.0. The summed E-state index contributed by atoms with van der Waals surface area (Å²) in [6.45, 7) is 4.73. The van der Waals surface area contributed by atoms with Crippen LogP contribution in [0.5, 0.6) is 0 Å². The molecular formula is C25H29FN4O4. The summed E-state index contributed by atoms with van der Waals surface area (Å²) in [5, 5.41) is 5.33. The van der Waals surface area contributed by atoms with Crippen LogP contribution in [0.15, 0.2) is 42.5 Å². The molecule has 0 saturated carbocycles. The molecule has 0 atom stereocenters. The highest BCUT2D eigenvalue weighted by molar-refractivity contribution is 6.04. The maximum Gasteiger partial charge on any atom is 0.255 e. The van der Waals surface area contributed by atoms with Crippen LogP contribution in [0.2, 0.25) is 0 Å². The lowest BCUT2D eigenvalue weighted by Gasteiger charge is -2.26. The molecule has 2 aromatic rings. The summed E-state index contributed by atoms with van der Waals surface area (Å²) in [5.41, 5.74) is 1.80. The fourth-order valence-corrected chi connectivity index (χ4v) is 4.05. The van der Waals surface area contributed by atoms with Crippen LogP contribution in [0, 0.1) is 5.82 Å². The summed E-state index contributed by atoms with van der Waals surface area (Å²) in [4.78, 5) is 40.7. The average molecular weight is 469 g/mol. The van der Waals surface area contributed by atoms with Gasteiger partial charge in [-0.2, -0.15) is 0 Å². The van der Waals surface area contributed by atoms with Crippen molar-refractivity contribution < 1.29 is 23.5 Å². The van der Waals surface area contributed by atoms with Crippen molar-refractivity contribution in [2.24, 2.45) is 0 Å². The molecule has 0 aromatic heterocycles. The normalized spacial score (nSPS) is 16.5. The van der Waals surface area contributed by atoms with Gasteiger partial charge in [-0.15, -0.1) is 0 Å². The number of ether oxygens (including phenoxy) is 1. The van der Waals surface area contributed by atoms with Gasteiger partial charge in [0.1, 0.15) is 5.82 Å². The van der Waals surface area contributed by atoms with Gasteiger partial charge in [-0.3, -0.25) is 19.3 Å². The van der Waals surface area contributed by atoms with Gasteiger partial charge in [-0.1, -0.05) is 12.1 Å². The topological polar surface area (TPSA) is 91.0 Å². The second-order valence-electron chi connectivity index (χ2n) is 8.52. The van der Waals surface area contributed by atoms with Gasteiger partial charge in [0.05, 0.1) is 18.9 Å². The van der Waals surface area contributed by atoms with E-state index in [2.05, 4.69) is 15.5 Å². The molecule has 2 N–H and O–H groups in total. The summed E-state index contributed by atoms with van der Waals surface area (Å²) in [7, 11) is 0. The summed E-state index contributed by atoms with van der Waals surface area (Å²) in [6, 6.07) is 11.1. The molecule has 8 nitrogen and oxygen atoms in total. The molecule has 2 fully saturated rings. The summed E-state index contributed by atoms with van der Waals surface area (Å²) in [6.07, 6.45) is 1.72. The first-order valence-corrected chi connectivity index (χ1v) is 11.6. The number of morpholine rings is 1. The number of nitrogens with zero attached hydrogens (tertiary/aromatic N) is 2. The molecular weight excluding hydrogens is 439 g/mol. The van der Waals surface area contributed by atoms with E-state index >= 15 is 0 Å². The molecule has 0 spiro atoms. The molecule has 2 aliphatic rings. The number of anilines is 2. The number of carbonyl (C=O) groups is 3. The Morgan fingerprint density at radius 3 is 2.47 bits per heavy atom. The van der Waals surface area contributed by atoms with Crippen LogP contribution in [-0.4, -0.2) is 66.9 Å². The van der Waals surface area contributed by atoms with E-state index in [-0.39, 0.29) is 29.8 Å². The molecule has 2 aromatic carbocycles. The summed E-state index contributed by atoms with van der Waals surface area (Å²) < 4.78 is 19.5. The van der Waals surface area contributed by atoms with Gasteiger partial charge in [0, 0.05) is 56.8 Å². The monoisotopic (exact) mass is 468 g/mol. The maximum atomic E-state index is 14.2. The number of halogens is 1. The lowest BCUT2D eigenvalue weighted by atomic mass is 10.1. The van der Waals surface area contributed by atoms with Crippen molar-refractivity contribution in [2.75, 3.05) is 50.0 Å². The number of nitrogens with one attached hydrogen (secondary N) is 2. The number of rotatable bonds is 8. The minimum absolute atomic E-state index is 0.0235. The highest BCUT2D eigenvalue weighted by Crippen LogP contribution is 2.21. The van der Waals surface area contributed by atoms with E-state index in [0.717, 1.165) is 31.6 Å². The molecule has 34 heavy (non-hydrogen) atoms. The molecule has 9 heteroatoms. The molecule has 2 saturated heterocycles. The zero-order valence-electron chi connectivity index (χ0n) is 19.0. The maximum absolute atomic E-state index is 14.2. The van der Waals surface area contributed by atoms with Crippen molar-refractivity contribution in [3.8, 4) is 0 Å². The average Bonchev–Trinajstić information content (AvgIpc) is 3.25. The first-order valence-electron chi connectivity index (χ1n) is 11.6. The first kappa shape index (κ1) is 23.8. The Balaban J connectivity index is 1.31. The van der Waals surface area contributed by atoms with Gasteiger partial charge in [0.15, 0.2) is 0 Å². The Hall–Kier alpha value is -3.30. The van der Waals surface area contributed by atoms with Crippen molar-refractivity contribution in [3.05, 3.63) is 59.4 Å². The van der Waals surface area contributed by atoms with Crippen LogP contribution in [-0.2, 0) is 20.9 Å². The molecule has 4 rings (SSSR count). The van der Waals surface area contributed by atoms with Gasteiger partial charge < -0.3 is 20.3 Å². The van der Waals surface area contributed by atoms with Crippen molar-refractivity contribution in [3.63, 3.8) is 0 Å². The van der Waals surface area contributed by atoms with Crippen molar-refractivity contribution in [1.29, 1.82) is 0 Å². The standard InChI is InChI=1S/C25H29FN4O4/c26-21-8-7-20(16-22(21)28-23(31)9-11-29-12-14-34-15-13-29)27-25(33)19-5-3-18(4-6-19)17-30-10-1-2-24(30)32/h3-8,16H,1-2,9-15,17H2,(H,27,33)(H,28,31). The van der Waals surface area contributed by atoms with Gasteiger partial charge in [-0.25, -0.2) is 4.39 Å². The number of benzene rings is 2. The van der Waals surface area contributed by atoms with Crippen LogP contribution in [0.4, 0.5) is 15.8 Å². The molecule has 2 heterocycles. The van der Waals surface area contributed by atoms with E-state index in [9.17, 15) is 18.8 Å². The van der Waals surface area contributed by atoms with E-state index in [1.165, 1.54) is 18.2 Å². The molecule has 0 unspecified atom stereocenters. The van der Waals surface area contributed by atoms with Gasteiger partial charge >= 0.3 is 0 Å². The van der Waals surface area contributed by atoms with Gasteiger partial charge in [0.2, 0.25) is 11.8 Å². The highest BCUT2D eigenvalue weighted by atomic mass is 19.1. The Morgan fingerprint density at radius 1 is 1.00 bits per heavy atom. The van der Waals surface area contributed by atoms with Gasteiger partial charge in [0.25, 0.3) is 5.91 Å². The number of likely N-dealkylation sites (tertiary alicyclic amines) is 1. The van der Waals surface area contributed by atoms with Crippen LogP contribution in [0.3, 0.4) is 0 Å². The predicted molar refractivity (Wildman–Crippen MR) is 126 cm³/mol. The van der Waals surface area contributed by atoms with Crippen LogP contribution in [0.1, 0.15) is 35.2 Å². The van der Waals surface area contributed by atoms with Crippen LogP contribution < -0.4 is 10.6 Å². The highest BCUT2D eigenvalue weighted by Gasteiger charge is 2.20. The minimum Gasteiger partial charge on any atom is -0.379 e. The molecule has 2 aliphatic heterocycles.